The van der Waals surface area contributed by atoms with Crippen LogP contribution in [0.15, 0.2) is 24.3 Å². The molecule has 0 fully saturated rings. The quantitative estimate of drug-likeness (QED) is 0.101. The zero-order valence-electron chi connectivity index (χ0n) is 29.2. The van der Waals surface area contributed by atoms with Crippen molar-refractivity contribution in [3.8, 4) is 5.75 Å². The van der Waals surface area contributed by atoms with Crippen molar-refractivity contribution in [2.75, 3.05) is 33.7 Å². The van der Waals surface area contributed by atoms with E-state index in [9.17, 15) is 19.2 Å². The van der Waals surface area contributed by atoms with Gasteiger partial charge in [0, 0.05) is 33.4 Å². The fourth-order valence-corrected chi connectivity index (χ4v) is 5.53. The molecule has 0 aliphatic rings. The van der Waals surface area contributed by atoms with E-state index in [1.54, 1.807) is 18.2 Å². The molecule has 0 aliphatic heterocycles. The number of aryl methyl sites for hydroxylation is 1. The van der Waals surface area contributed by atoms with Gasteiger partial charge in [-0.25, -0.2) is 9.69 Å². The molecule has 1 aromatic rings. The highest BCUT2D eigenvalue weighted by Gasteiger charge is 2.22. The Morgan fingerprint density at radius 3 is 1.56 bits per heavy atom. The lowest BCUT2D eigenvalue weighted by atomic mass is 10.0. The number of hydrogen-bond acceptors (Lipinski definition) is 6. The van der Waals surface area contributed by atoms with Gasteiger partial charge in [-0.05, 0) is 51.5 Å². The lowest BCUT2D eigenvalue weighted by Crippen LogP contribution is -2.38. The number of imide groups is 2. The summed E-state index contributed by atoms with van der Waals surface area (Å²) in [5.41, 5.74) is 0.682. The number of nitrogens with zero attached hydrogens (tertiary/aromatic N) is 3. The first-order valence-electron chi connectivity index (χ1n) is 17.7. The van der Waals surface area contributed by atoms with Crippen LogP contribution < -0.4 is 4.74 Å². The molecule has 0 N–H and O–H groups in total. The summed E-state index contributed by atoms with van der Waals surface area (Å²) in [6, 6.07) is 7.04. The molecule has 0 aliphatic carbocycles. The van der Waals surface area contributed by atoms with E-state index in [1.807, 2.05) is 25.1 Å². The Morgan fingerprint density at radius 2 is 1.07 bits per heavy atom. The summed E-state index contributed by atoms with van der Waals surface area (Å²) in [7, 11) is 3.90. The number of ether oxygens (including phenoxy) is 1. The van der Waals surface area contributed by atoms with Crippen LogP contribution in [0.5, 0.6) is 5.75 Å². The third kappa shape index (κ3) is 19.4. The highest BCUT2D eigenvalue weighted by Crippen LogP contribution is 2.22. The number of amides is 4. The molecule has 0 unspecified atom stereocenters. The van der Waals surface area contributed by atoms with Crippen LogP contribution in [-0.4, -0.2) is 72.2 Å². The van der Waals surface area contributed by atoms with E-state index in [-0.39, 0.29) is 24.1 Å². The van der Waals surface area contributed by atoms with Crippen molar-refractivity contribution in [2.24, 2.45) is 0 Å². The van der Waals surface area contributed by atoms with E-state index in [0.29, 0.717) is 37.2 Å². The predicted octanol–water partition coefficient (Wildman–Crippen LogP) is 8.55. The highest BCUT2D eigenvalue weighted by atomic mass is 16.6. The number of benzene rings is 1. The Hall–Kier alpha value is -2.74. The molecule has 0 aromatic heterocycles. The van der Waals surface area contributed by atoms with Crippen LogP contribution in [0, 0.1) is 0 Å². The molecule has 0 atom stereocenters. The van der Waals surface area contributed by atoms with Crippen molar-refractivity contribution in [1.82, 2.24) is 14.7 Å². The minimum Gasteiger partial charge on any atom is -0.410 e. The summed E-state index contributed by atoms with van der Waals surface area (Å²) in [6.07, 6.45) is 20.7. The molecule has 1 rings (SSSR count). The highest BCUT2D eigenvalue weighted by molar-refractivity contribution is 5.94. The monoisotopic (exact) mass is 629 g/mol. The Bertz CT molecular complexity index is 981. The minimum absolute atomic E-state index is 0.117. The summed E-state index contributed by atoms with van der Waals surface area (Å²) < 4.78 is 5.65. The van der Waals surface area contributed by atoms with Crippen molar-refractivity contribution in [3.05, 3.63) is 29.8 Å². The molecule has 0 spiro atoms. The molecule has 0 heterocycles. The van der Waals surface area contributed by atoms with Gasteiger partial charge in [0.1, 0.15) is 5.75 Å². The molecule has 0 radical (unpaired) electrons. The van der Waals surface area contributed by atoms with Gasteiger partial charge in [0.05, 0.1) is 0 Å². The Labute approximate surface area is 274 Å². The topological polar surface area (TPSA) is 87.2 Å². The molecule has 4 amide bonds. The maximum absolute atomic E-state index is 13.0. The Kier molecular flexibility index (Phi) is 22.8. The average Bonchev–Trinajstić information content (AvgIpc) is 2.99. The van der Waals surface area contributed by atoms with E-state index in [1.165, 1.54) is 102 Å². The van der Waals surface area contributed by atoms with Crippen LogP contribution in [0.3, 0.4) is 0 Å². The summed E-state index contributed by atoms with van der Waals surface area (Å²) in [4.78, 5) is 54.6. The average molecular weight is 630 g/mol. The maximum atomic E-state index is 13.0. The molecule has 45 heavy (non-hydrogen) atoms. The smallest absolute Gasteiger partial charge is 0.410 e. The van der Waals surface area contributed by atoms with E-state index in [4.69, 9.17) is 4.74 Å². The molecule has 1 aromatic carbocycles. The number of carbonyl (C=O) groups excluding carboxylic acids is 4. The molecule has 8 nitrogen and oxygen atoms in total. The predicted molar refractivity (Wildman–Crippen MR) is 183 cm³/mol. The van der Waals surface area contributed by atoms with Crippen molar-refractivity contribution in [3.63, 3.8) is 0 Å². The lowest BCUT2D eigenvalue weighted by Gasteiger charge is -2.21. The third-order valence-electron chi connectivity index (χ3n) is 8.28. The number of hydrogen-bond donors (Lipinski definition) is 0. The van der Waals surface area contributed by atoms with E-state index >= 15 is 0 Å². The molecule has 256 valence electrons. The van der Waals surface area contributed by atoms with Gasteiger partial charge in [0.15, 0.2) is 0 Å². The van der Waals surface area contributed by atoms with Crippen molar-refractivity contribution < 1.29 is 23.9 Å². The largest absolute Gasteiger partial charge is 0.421 e. The van der Waals surface area contributed by atoms with Crippen molar-refractivity contribution in [1.29, 1.82) is 0 Å². The normalized spacial score (nSPS) is 11.1. The molecule has 0 bridgehead atoms. The number of rotatable bonds is 25. The first-order chi connectivity index (χ1) is 21.7. The van der Waals surface area contributed by atoms with Gasteiger partial charge in [-0.1, -0.05) is 121 Å². The van der Waals surface area contributed by atoms with E-state index in [0.717, 1.165) is 30.7 Å². The van der Waals surface area contributed by atoms with Gasteiger partial charge in [-0.2, -0.15) is 0 Å². The molecular weight excluding hydrogens is 566 g/mol. The van der Waals surface area contributed by atoms with Gasteiger partial charge in [0.2, 0.25) is 17.7 Å². The molecular formula is C37H63N3O5. The second-order valence-corrected chi connectivity index (χ2v) is 12.7. The van der Waals surface area contributed by atoms with Crippen LogP contribution >= 0.6 is 0 Å². The van der Waals surface area contributed by atoms with Gasteiger partial charge in [0.25, 0.3) is 0 Å². The van der Waals surface area contributed by atoms with Gasteiger partial charge in [-0.15, -0.1) is 0 Å². The summed E-state index contributed by atoms with van der Waals surface area (Å²) in [5.74, 6) is -0.542. The van der Waals surface area contributed by atoms with Crippen LogP contribution in [0.1, 0.15) is 142 Å². The Balaban J connectivity index is 2.37. The summed E-state index contributed by atoms with van der Waals surface area (Å²) >= 11 is 0. The number of unbranched alkanes of at least 4 members (excludes halogenated alkanes) is 15. The first kappa shape index (κ1) is 40.3. The molecule has 8 heteroatoms. The van der Waals surface area contributed by atoms with Crippen LogP contribution in [-0.2, 0) is 20.8 Å². The van der Waals surface area contributed by atoms with Crippen molar-refractivity contribution in [2.45, 2.75) is 143 Å². The maximum Gasteiger partial charge on any atom is 0.421 e. The second-order valence-electron chi connectivity index (χ2n) is 12.7. The standard InChI is InChI=1S/C37H63N3O5/c1-6-7-8-9-10-11-12-13-14-15-16-17-18-19-20-23-30-40(33(3)42)37(44)45-35-26-22-21-25-34(35)27-28-36(43)39(32(2)41)31-24-29-38(4)5/h21-22,25-26H,6-20,23-24,27-31H2,1-5H3. The lowest BCUT2D eigenvalue weighted by molar-refractivity contribution is -0.143. The zero-order valence-corrected chi connectivity index (χ0v) is 29.2. The number of carbonyl (C=O) groups is 4. The zero-order chi connectivity index (χ0) is 33.3. The summed E-state index contributed by atoms with van der Waals surface area (Å²) in [5, 5.41) is 0. The summed E-state index contributed by atoms with van der Waals surface area (Å²) in [6.45, 7) is 6.52. The van der Waals surface area contributed by atoms with E-state index in [2.05, 4.69) is 6.92 Å². The second kappa shape index (κ2) is 25.5. The van der Waals surface area contributed by atoms with Crippen molar-refractivity contribution >= 4 is 23.8 Å². The van der Waals surface area contributed by atoms with Crippen LogP contribution in [0.25, 0.3) is 0 Å². The molecule has 0 saturated carbocycles. The first-order valence-corrected chi connectivity index (χ1v) is 17.7. The fraction of sp³-hybridized carbons (Fsp3) is 0.730. The van der Waals surface area contributed by atoms with Crippen LogP contribution in [0.4, 0.5) is 4.79 Å². The fourth-order valence-electron chi connectivity index (χ4n) is 5.53. The Morgan fingerprint density at radius 1 is 0.600 bits per heavy atom. The van der Waals surface area contributed by atoms with Gasteiger partial charge in [-0.3, -0.25) is 19.3 Å². The minimum atomic E-state index is -0.698. The SMILES string of the molecule is CCCCCCCCCCCCCCCCCCN(C(C)=O)C(=O)Oc1ccccc1CCC(=O)N(CCCN(C)C)C(C)=O. The number of para-hydroxylation sites is 1. The van der Waals surface area contributed by atoms with E-state index < -0.39 is 6.09 Å². The molecule has 0 saturated heterocycles. The van der Waals surface area contributed by atoms with Gasteiger partial charge < -0.3 is 9.64 Å². The van der Waals surface area contributed by atoms with Crippen LogP contribution in [0.2, 0.25) is 0 Å². The van der Waals surface area contributed by atoms with Gasteiger partial charge >= 0.3 is 6.09 Å². The third-order valence-corrected chi connectivity index (χ3v) is 8.28.